The smallest absolute Gasteiger partial charge is 0.186 e. The molecule has 1 heterocycles. The van der Waals surface area contributed by atoms with Gasteiger partial charge in [-0.05, 0) is 6.07 Å². The number of ether oxygens (including phenoxy) is 1. The first kappa shape index (κ1) is 12.9. The minimum Gasteiger partial charge on any atom is -0.496 e. The van der Waals surface area contributed by atoms with E-state index in [1.165, 1.54) is 19.2 Å². The highest BCUT2D eigenvalue weighted by Gasteiger charge is 2.15. The molecule has 1 aromatic carbocycles. The number of imidazole rings is 1. The van der Waals surface area contributed by atoms with Gasteiger partial charge in [-0.3, -0.25) is 4.79 Å². The van der Waals surface area contributed by atoms with Crippen molar-refractivity contribution in [1.82, 2.24) is 9.55 Å². The summed E-state index contributed by atoms with van der Waals surface area (Å²) in [6.07, 6.45) is 4.89. The third-order valence-electron chi connectivity index (χ3n) is 2.43. The van der Waals surface area contributed by atoms with Gasteiger partial charge in [-0.1, -0.05) is 23.2 Å². The molecule has 0 unspecified atom stereocenters. The van der Waals surface area contributed by atoms with E-state index in [0.717, 1.165) is 0 Å². The number of carbonyl (C=O) groups excluding carboxylic acids is 1. The van der Waals surface area contributed by atoms with Crippen LogP contribution in [-0.2, 0) is 6.54 Å². The summed E-state index contributed by atoms with van der Waals surface area (Å²) in [6.45, 7) is 0.175. The van der Waals surface area contributed by atoms with Gasteiger partial charge in [0.25, 0.3) is 0 Å². The summed E-state index contributed by atoms with van der Waals surface area (Å²) >= 11 is 11.8. The number of halogens is 2. The molecule has 0 saturated heterocycles. The number of Topliss-reactive ketones (excluding diaryl/α,β-unsaturated/α-hetero) is 1. The molecule has 4 nitrogen and oxygen atoms in total. The van der Waals surface area contributed by atoms with Crippen molar-refractivity contribution < 1.29 is 9.53 Å². The molecule has 0 amide bonds. The van der Waals surface area contributed by atoms with Crippen molar-refractivity contribution in [2.75, 3.05) is 7.11 Å². The van der Waals surface area contributed by atoms with Crippen molar-refractivity contribution in [3.05, 3.63) is 46.5 Å². The van der Waals surface area contributed by atoms with E-state index in [1.807, 2.05) is 0 Å². The lowest BCUT2D eigenvalue weighted by Gasteiger charge is -2.09. The van der Waals surface area contributed by atoms with Crippen LogP contribution in [0.2, 0.25) is 10.0 Å². The van der Waals surface area contributed by atoms with Gasteiger partial charge in [0.05, 0.1) is 35.6 Å². The van der Waals surface area contributed by atoms with Gasteiger partial charge >= 0.3 is 0 Å². The maximum atomic E-state index is 12.1. The second-order valence-corrected chi connectivity index (χ2v) is 4.44. The summed E-state index contributed by atoms with van der Waals surface area (Å²) in [5.41, 5.74) is 0.403. The quantitative estimate of drug-likeness (QED) is 0.811. The molecule has 0 spiro atoms. The molecule has 0 bridgehead atoms. The van der Waals surface area contributed by atoms with E-state index in [-0.39, 0.29) is 12.3 Å². The molecule has 0 N–H and O–H groups in total. The molecule has 1 aromatic heterocycles. The van der Waals surface area contributed by atoms with E-state index in [0.29, 0.717) is 21.4 Å². The van der Waals surface area contributed by atoms with Crippen molar-refractivity contribution in [3.63, 3.8) is 0 Å². The molecule has 94 valence electrons. The SMILES string of the molecule is COc1cc(Cl)c(Cl)cc1C(=O)Cn1ccnc1. The molecule has 0 aliphatic heterocycles. The van der Waals surface area contributed by atoms with Crippen molar-refractivity contribution in [2.45, 2.75) is 6.54 Å². The number of benzene rings is 1. The first-order valence-corrected chi connectivity index (χ1v) is 5.89. The lowest BCUT2D eigenvalue weighted by Crippen LogP contribution is -2.10. The van der Waals surface area contributed by atoms with E-state index in [9.17, 15) is 4.79 Å². The predicted molar refractivity (Wildman–Crippen MR) is 69.6 cm³/mol. The molecule has 0 aliphatic carbocycles. The highest BCUT2D eigenvalue weighted by molar-refractivity contribution is 6.42. The fourth-order valence-corrected chi connectivity index (χ4v) is 1.86. The highest BCUT2D eigenvalue weighted by Crippen LogP contribution is 2.30. The number of rotatable bonds is 4. The predicted octanol–water partition coefficient (Wildman–Crippen LogP) is 3.08. The summed E-state index contributed by atoms with van der Waals surface area (Å²) in [4.78, 5) is 16.0. The largest absolute Gasteiger partial charge is 0.496 e. The normalized spacial score (nSPS) is 10.4. The first-order chi connectivity index (χ1) is 8.61. The minimum absolute atomic E-state index is 0.122. The molecular formula is C12H10Cl2N2O2. The van der Waals surface area contributed by atoms with Crippen molar-refractivity contribution >= 4 is 29.0 Å². The first-order valence-electron chi connectivity index (χ1n) is 5.14. The van der Waals surface area contributed by atoms with Crippen LogP contribution in [0.5, 0.6) is 5.75 Å². The number of nitrogens with zero attached hydrogens (tertiary/aromatic N) is 2. The molecule has 6 heteroatoms. The molecule has 2 aromatic rings. The number of hydrogen-bond acceptors (Lipinski definition) is 3. The Morgan fingerprint density at radius 1 is 1.39 bits per heavy atom. The Balaban J connectivity index is 2.32. The average molecular weight is 285 g/mol. The van der Waals surface area contributed by atoms with Gasteiger partial charge in [-0.25, -0.2) is 4.98 Å². The summed E-state index contributed by atoms with van der Waals surface area (Å²) in [7, 11) is 1.48. The molecule has 2 rings (SSSR count). The lowest BCUT2D eigenvalue weighted by atomic mass is 10.1. The molecule has 18 heavy (non-hydrogen) atoms. The maximum Gasteiger partial charge on any atom is 0.186 e. The number of ketones is 1. The minimum atomic E-state index is -0.122. The third kappa shape index (κ3) is 2.66. The van der Waals surface area contributed by atoms with Gasteiger partial charge in [-0.15, -0.1) is 0 Å². The number of methoxy groups -OCH3 is 1. The molecule has 0 fully saturated rings. The third-order valence-corrected chi connectivity index (χ3v) is 3.15. The van der Waals surface area contributed by atoms with Crippen LogP contribution in [0.1, 0.15) is 10.4 Å². The van der Waals surface area contributed by atoms with Crippen LogP contribution in [0.3, 0.4) is 0 Å². The Labute approximate surface area is 114 Å². The fraction of sp³-hybridized carbons (Fsp3) is 0.167. The van der Waals surface area contributed by atoms with Crippen LogP contribution in [-0.4, -0.2) is 22.4 Å². The number of hydrogen-bond donors (Lipinski definition) is 0. The van der Waals surface area contributed by atoms with Crippen molar-refractivity contribution in [2.24, 2.45) is 0 Å². The van der Waals surface area contributed by atoms with Crippen molar-refractivity contribution in [3.8, 4) is 5.75 Å². The lowest BCUT2D eigenvalue weighted by molar-refractivity contribution is 0.0969. The Morgan fingerprint density at radius 3 is 2.72 bits per heavy atom. The molecule has 0 atom stereocenters. The van der Waals surface area contributed by atoms with E-state index in [1.54, 1.807) is 23.3 Å². The van der Waals surface area contributed by atoms with E-state index in [4.69, 9.17) is 27.9 Å². The van der Waals surface area contributed by atoms with Crippen LogP contribution >= 0.6 is 23.2 Å². The Kier molecular flexibility index (Phi) is 3.89. The summed E-state index contributed by atoms with van der Waals surface area (Å²) in [5.74, 6) is 0.290. The van der Waals surface area contributed by atoms with Gasteiger partial charge in [0, 0.05) is 18.5 Å². The average Bonchev–Trinajstić information content (AvgIpc) is 2.84. The molecule has 0 radical (unpaired) electrons. The van der Waals surface area contributed by atoms with Crippen LogP contribution < -0.4 is 4.74 Å². The molecule has 0 aliphatic rings. The maximum absolute atomic E-state index is 12.1. The summed E-state index contributed by atoms with van der Waals surface area (Å²) in [5, 5.41) is 0.680. The van der Waals surface area contributed by atoms with Gasteiger partial charge in [0.2, 0.25) is 0 Å². The van der Waals surface area contributed by atoms with Gasteiger partial charge in [0.1, 0.15) is 5.75 Å². The summed E-state index contributed by atoms with van der Waals surface area (Å²) < 4.78 is 6.80. The van der Waals surface area contributed by atoms with Crippen LogP contribution in [0, 0.1) is 0 Å². The zero-order valence-corrected chi connectivity index (χ0v) is 11.1. The van der Waals surface area contributed by atoms with Gasteiger partial charge < -0.3 is 9.30 Å². The Morgan fingerprint density at radius 2 is 2.11 bits per heavy atom. The van der Waals surface area contributed by atoms with Crippen molar-refractivity contribution in [1.29, 1.82) is 0 Å². The standard InChI is InChI=1S/C12H10Cl2N2O2/c1-18-12-5-10(14)9(13)4-8(12)11(17)6-16-3-2-15-7-16/h2-5,7H,6H2,1H3. The zero-order chi connectivity index (χ0) is 13.1. The Hall–Kier alpha value is -1.52. The van der Waals surface area contributed by atoms with Crippen LogP contribution in [0.15, 0.2) is 30.9 Å². The number of aromatic nitrogens is 2. The highest BCUT2D eigenvalue weighted by atomic mass is 35.5. The van der Waals surface area contributed by atoms with E-state index in [2.05, 4.69) is 4.98 Å². The van der Waals surface area contributed by atoms with E-state index < -0.39 is 0 Å². The second-order valence-electron chi connectivity index (χ2n) is 3.62. The van der Waals surface area contributed by atoms with Crippen LogP contribution in [0.25, 0.3) is 0 Å². The fourth-order valence-electron chi connectivity index (χ4n) is 1.55. The number of carbonyl (C=O) groups is 1. The second kappa shape index (κ2) is 5.42. The van der Waals surface area contributed by atoms with E-state index >= 15 is 0 Å². The molecule has 0 saturated carbocycles. The summed E-state index contributed by atoms with van der Waals surface area (Å²) in [6, 6.07) is 3.05. The van der Waals surface area contributed by atoms with Gasteiger partial charge in [0.15, 0.2) is 5.78 Å². The Bertz CT molecular complexity index is 568. The topological polar surface area (TPSA) is 44.1 Å². The van der Waals surface area contributed by atoms with Gasteiger partial charge in [-0.2, -0.15) is 0 Å². The molecular weight excluding hydrogens is 275 g/mol. The monoisotopic (exact) mass is 284 g/mol. The zero-order valence-electron chi connectivity index (χ0n) is 9.56. The van der Waals surface area contributed by atoms with Crippen LogP contribution in [0.4, 0.5) is 0 Å².